The standard InChI is InChI=1S/C37H24BN7O16.C21H15BN2O6.C16H9N5O11/c1-3-37(24-12-27-31-17(13-42(27)33(46)23(24)14-56-35(37)48)6-16-7-20(57-36(38)49)4-5-25(16)40-31)58-34(47)15(2)59-41-32-21-8-18(43(50)51)10-26(45(54)55)29(21)30-22(32)9-19(44(52)53)11-28(30)60-61-39;1-2-21(28)14-7-16-17-12(8-24(16)19(26)13(14)9-30-20(21)27)6-11-5-10(18(25)22-29)3-4-15(11)23-17;1-6(16(22)23)32-17-15-9-2-7(18(24)25)4-11(20(28)29)13(9)14-10(15)3-8(19(26)27)5-12(14)21(30)31/h4-12,15H,3,13-14,39H2,1-2H3;3-7,28H,2,8-9H2,1H3;2-6H,1H3,(H,22,23)/b41-32+;;/t15-,37-;21-;6-/m000/s1. The molecule has 123 heavy (non-hydrogen) atoms. The van der Waals surface area contributed by atoms with E-state index in [0.717, 1.165) is 49.7 Å². The fourth-order valence-electron chi connectivity index (χ4n) is 14.8. The van der Waals surface area contributed by atoms with E-state index in [4.69, 9.17) is 57.3 Å². The van der Waals surface area contributed by atoms with Crippen molar-refractivity contribution in [3.05, 3.63) is 262 Å². The number of nitro benzene ring substituents is 7. The molecule has 16 rings (SSSR count). The van der Waals surface area contributed by atoms with Gasteiger partial charge in [0, 0.05) is 68.6 Å². The molecule has 2 aliphatic carbocycles. The number of aliphatic hydroxyl groups is 1. The van der Waals surface area contributed by atoms with Gasteiger partial charge in [0.2, 0.25) is 31.5 Å². The van der Waals surface area contributed by atoms with Crippen molar-refractivity contribution in [2.45, 2.75) is 90.2 Å². The van der Waals surface area contributed by atoms with Crippen molar-refractivity contribution in [1.82, 2.24) is 19.1 Å². The summed E-state index contributed by atoms with van der Waals surface area (Å²) >= 11 is 0. The summed E-state index contributed by atoms with van der Waals surface area (Å²) in [7, 11) is 5.41. The number of carbonyl (C=O) groups excluding carboxylic acids is 5. The van der Waals surface area contributed by atoms with Crippen LogP contribution in [0.3, 0.4) is 0 Å². The maximum Gasteiger partial charge on any atom is 0.355 e. The number of nitrogens with zero attached hydrogens (tertiary/aromatic N) is 13. The zero-order valence-electron chi connectivity index (χ0n) is 62.9. The first-order valence-corrected chi connectivity index (χ1v) is 35.6. The fourth-order valence-corrected chi connectivity index (χ4v) is 14.8. The maximum absolute atomic E-state index is 14.0. The van der Waals surface area contributed by atoms with Gasteiger partial charge in [0.05, 0.1) is 104 Å². The van der Waals surface area contributed by atoms with Gasteiger partial charge in [-0.2, -0.15) is 5.90 Å². The monoisotopic (exact) mass is 1680 g/mol. The van der Waals surface area contributed by atoms with Gasteiger partial charge in [-0.25, -0.2) is 24.2 Å². The Morgan fingerprint density at radius 3 is 1.46 bits per heavy atom. The summed E-state index contributed by atoms with van der Waals surface area (Å²) in [6.07, 6.45) is -3.42. The number of rotatable bonds is 21. The van der Waals surface area contributed by atoms with Gasteiger partial charge >= 0.3 is 176 Å². The molecule has 4 aliphatic heterocycles. The number of esters is 3. The predicted molar refractivity (Wildman–Crippen MR) is 412 cm³/mol. The van der Waals surface area contributed by atoms with Crippen molar-refractivity contribution < 1.29 is 117 Å². The molecule has 4 N–H and O–H groups in total. The number of oxime groups is 2. The second kappa shape index (κ2) is 31.4. The fraction of sp³-hybridized carbons (Fsp3) is 0.189. The Hall–Kier alpha value is -16.6. The first-order valence-electron chi connectivity index (χ1n) is 35.6. The minimum atomic E-state index is -2.20. The predicted octanol–water partition coefficient (Wildman–Crippen LogP) is 7.86. The first-order chi connectivity index (χ1) is 58.4. The second-order valence-electron chi connectivity index (χ2n) is 27.5. The molecule has 618 valence electrons. The zero-order chi connectivity index (χ0) is 88.8. The summed E-state index contributed by atoms with van der Waals surface area (Å²) in [6, 6.07) is 22.3. The molecule has 0 saturated heterocycles. The van der Waals surface area contributed by atoms with Gasteiger partial charge in [0.25, 0.3) is 45.4 Å². The Kier molecular flexibility index (Phi) is 21.1. The number of aliphatic carboxylic acids is 1. The summed E-state index contributed by atoms with van der Waals surface area (Å²) in [5.74, 6) is -0.716. The molecule has 10 aromatic rings. The summed E-state index contributed by atoms with van der Waals surface area (Å²) in [6.45, 7) is 5.11. The number of hydrogen-bond acceptors (Lipinski definition) is 37. The van der Waals surface area contributed by atoms with E-state index in [1.807, 2.05) is 6.07 Å². The van der Waals surface area contributed by atoms with Crippen LogP contribution in [0, 0.1) is 70.8 Å². The molecule has 2 radical (unpaired) electrons. The smallest absolute Gasteiger partial charge is 0.355 e. The Labute approximate surface area is 681 Å². The van der Waals surface area contributed by atoms with E-state index in [1.54, 1.807) is 47.9 Å². The number of pyridine rings is 4. The van der Waals surface area contributed by atoms with Crippen molar-refractivity contribution >= 4 is 123 Å². The first kappa shape index (κ1) is 82.9. The van der Waals surface area contributed by atoms with Gasteiger partial charge in [-0.05, 0) is 50.6 Å². The van der Waals surface area contributed by atoms with E-state index in [0.29, 0.717) is 68.3 Å². The van der Waals surface area contributed by atoms with E-state index in [2.05, 4.69) is 20.3 Å². The summed E-state index contributed by atoms with van der Waals surface area (Å²) in [5.41, 5.74) is -9.68. The number of nitrogens with two attached hydrogens (primary N) is 1. The number of carboxylic acids is 1. The topological polar surface area (TPSA) is 656 Å². The van der Waals surface area contributed by atoms with Crippen LogP contribution in [0.5, 0.6) is 11.5 Å². The Morgan fingerprint density at radius 2 is 1.02 bits per heavy atom. The molecule has 0 saturated carbocycles. The van der Waals surface area contributed by atoms with Crippen molar-refractivity contribution in [3.8, 4) is 56.5 Å². The van der Waals surface area contributed by atoms with Crippen LogP contribution < -0.4 is 26.6 Å². The van der Waals surface area contributed by atoms with E-state index < -0.39 is 174 Å². The number of carboxylic acid groups (broad SMARTS) is 1. The van der Waals surface area contributed by atoms with Crippen LogP contribution in [0.2, 0.25) is 0 Å². The molecule has 6 aromatic carbocycles. The van der Waals surface area contributed by atoms with Crippen molar-refractivity contribution in [2.24, 2.45) is 16.2 Å². The van der Waals surface area contributed by atoms with Gasteiger partial charge in [-0.1, -0.05) is 29.1 Å². The molecule has 47 nitrogen and oxygen atoms in total. The summed E-state index contributed by atoms with van der Waals surface area (Å²) in [5, 5.41) is 110. The number of cyclic esters (lactones) is 2. The number of hydrogen-bond donors (Lipinski definition) is 3. The number of ether oxygens (including phenoxy) is 4. The van der Waals surface area contributed by atoms with E-state index >= 15 is 0 Å². The molecule has 0 amide bonds. The van der Waals surface area contributed by atoms with Gasteiger partial charge in [-0.3, -0.25) is 80.4 Å². The average Bonchev–Trinajstić information content (AvgIpc) is 1.72. The summed E-state index contributed by atoms with van der Waals surface area (Å²) in [4.78, 5) is 205. The number of non-ortho nitro benzene ring substituents is 4. The number of fused-ring (bicyclic) bond motifs is 16. The molecule has 0 spiro atoms. The van der Waals surface area contributed by atoms with Crippen LogP contribution in [0.25, 0.3) is 66.8 Å². The molecule has 0 unspecified atom stereocenters. The molecular weight excluding hydrogens is 1630 g/mol. The molecular formula is C74H48B2N14O33. The van der Waals surface area contributed by atoms with Gasteiger partial charge in [0.15, 0.2) is 5.75 Å². The van der Waals surface area contributed by atoms with Gasteiger partial charge in [0.1, 0.15) is 23.8 Å². The molecule has 0 fully saturated rings. The average molecular weight is 1680 g/mol. The minimum absolute atomic E-state index is 0.0183. The molecule has 4 aromatic heterocycles. The van der Waals surface area contributed by atoms with Crippen LogP contribution in [-0.2, 0) is 90.3 Å². The molecule has 6 aliphatic rings. The number of aromatic nitrogens is 4. The van der Waals surface area contributed by atoms with Crippen LogP contribution in [-0.4, -0.2) is 138 Å². The van der Waals surface area contributed by atoms with Gasteiger partial charge in [-0.15, -0.1) is 0 Å². The van der Waals surface area contributed by atoms with E-state index in [9.17, 15) is 119 Å². The van der Waals surface area contributed by atoms with Crippen LogP contribution in [0.4, 0.5) is 44.6 Å². The van der Waals surface area contributed by atoms with Crippen LogP contribution in [0.15, 0.2) is 129 Å². The summed E-state index contributed by atoms with van der Waals surface area (Å²) < 4.78 is 35.0. The Balaban J connectivity index is 0.000000166. The number of carbonyl (C=O) groups is 6. The minimum Gasteiger partial charge on any atom is -0.478 e. The Morgan fingerprint density at radius 1 is 0.577 bits per heavy atom. The third-order valence-corrected chi connectivity index (χ3v) is 20.6. The van der Waals surface area contributed by atoms with Crippen molar-refractivity contribution in [1.29, 1.82) is 0 Å². The van der Waals surface area contributed by atoms with Crippen molar-refractivity contribution in [2.75, 3.05) is 0 Å². The number of nitro groups is 7. The normalized spacial score (nSPS) is 16.1. The third-order valence-electron chi connectivity index (χ3n) is 20.6. The SMILES string of the molecule is CC[C@@]1(O)C(=O)OCc2c1cc1n(c2=O)Cc2cc3cc(C(=O)B=O)ccc3nc2-1.C[C@H](ON=C1c2cc([N+](=O)[O-])cc([N+](=O)[O-])c2-c2c1cc([N+](=O)[O-])cc2[N+](=O)[O-])C(=O)O.[B]C(=O)Oc1ccc2nc3c(cc2c1)Cn1c-3cc2c(c1=O)COC(=O)[C@@]2(CC)OC(=O)[C@H](C)O/N=C1/c2cc([N+](=O)[O-])cc(OON)c2-c2c1cc([N+](=O)[O-])cc2[N+](=O)[O-]. The van der Waals surface area contributed by atoms with Crippen LogP contribution >= 0.6 is 0 Å². The van der Waals surface area contributed by atoms with Crippen LogP contribution in [0.1, 0.15) is 107 Å². The Bertz CT molecular complexity index is 6700. The van der Waals surface area contributed by atoms with Gasteiger partial charge < -0.3 is 38.4 Å². The second-order valence-corrected chi connectivity index (χ2v) is 27.5. The molecule has 0 bridgehead atoms. The third kappa shape index (κ3) is 14.2. The molecule has 49 heteroatoms. The molecule has 4 atom stereocenters. The molecule has 8 heterocycles. The largest absolute Gasteiger partial charge is 0.478 e. The maximum atomic E-state index is 14.0. The van der Waals surface area contributed by atoms with E-state index in [-0.39, 0.29) is 112 Å². The van der Waals surface area contributed by atoms with E-state index in [1.165, 1.54) is 29.7 Å². The van der Waals surface area contributed by atoms with Crippen molar-refractivity contribution in [3.63, 3.8) is 0 Å². The quantitative estimate of drug-likeness (QED) is 0.0154. The zero-order valence-corrected chi connectivity index (χ0v) is 62.9. The number of benzene rings is 6.